The van der Waals surface area contributed by atoms with Crippen molar-refractivity contribution in [3.05, 3.63) is 288 Å². The van der Waals surface area contributed by atoms with Gasteiger partial charge in [0.1, 0.15) is 11.6 Å². The van der Waals surface area contributed by atoms with Gasteiger partial charge in [-0.3, -0.25) is 0 Å². The number of hydrogen-bond acceptors (Lipinski definition) is 2. The molecule has 11 rings (SSSR count). The van der Waals surface area contributed by atoms with Crippen molar-refractivity contribution in [2.75, 3.05) is 9.80 Å². The zero-order valence-corrected chi connectivity index (χ0v) is 60.8. The maximum Gasteiger partial charge on any atom is 0.133 e. The summed E-state index contributed by atoms with van der Waals surface area (Å²) in [5.74, 6) is -0.586. The molecule has 0 saturated carbocycles. The van der Waals surface area contributed by atoms with Crippen LogP contribution in [0.25, 0.3) is 66.8 Å². The van der Waals surface area contributed by atoms with E-state index in [2.05, 4.69) is 297 Å². The van der Waals surface area contributed by atoms with Crippen molar-refractivity contribution in [3.63, 3.8) is 0 Å². The highest BCUT2D eigenvalue weighted by Gasteiger charge is 2.25. The summed E-state index contributed by atoms with van der Waals surface area (Å²) in [5, 5.41) is 0. The Kier molecular flexibility index (Phi) is 23.8. The van der Waals surface area contributed by atoms with E-state index in [1.807, 2.05) is 12.1 Å². The third kappa shape index (κ3) is 17.1. The first-order valence-electron chi connectivity index (χ1n) is 37.3. The molecular formula is C95H104F2N2. The molecule has 2 nitrogen and oxygen atoms in total. The van der Waals surface area contributed by atoms with Crippen LogP contribution in [0.3, 0.4) is 0 Å². The van der Waals surface area contributed by atoms with Crippen molar-refractivity contribution in [3.8, 4) is 66.8 Å². The van der Waals surface area contributed by atoms with Crippen molar-refractivity contribution in [1.82, 2.24) is 0 Å². The Balaban J connectivity index is 0.973. The first-order valence-corrected chi connectivity index (χ1v) is 37.3. The first-order chi connectivity index (χ1) is 48.1. The number of aryl methyl sites for hydroxylation is 4. The predicted octanol–water partition coefficient (Wildman–Crippen LogP) is 28.8. The average molecular weight is 1310 g/mol. The van der Waals surface area contributed by atoms with Crippen LogP contribution in [0.4, 0.5) is 42.9 Å². The number of benzene rings is 11. The van der Waals surface area contributed by atoms with Gasteiger partial charge in [0, 0.05) is 45.3 Å². The molecule has 508 valence electrons. The zero-order valence-electron chi connectivity index (χ0n) is 60.8. The van der Waals surface area contributed by atoms with Gasteiger partial charge < -0.3 is 9.80 Å². The quantitative estimate of drug-likeness (QED) is 0.0400. The molecule has 0 bridgehead atoms. The van der Waals surface area contributed by atoms with Gasteiger partial charge in [-0.25, -0.2) is 8.78 Å². The average Bonchev–Trinajstić information content (AvgIpc) is 0.771. The van der Waals surface area contributed by atoms with Crippen LogP contribution in [0.15, 0.2) is 243 Å². The van der Waals surface area contributed by atoms with E-state index < -0.39 is 0 Å². The van der Waals surface area contributed by atoms with Gasteiger partial charge in [-0.05, 0) is 236 Å². The summed E-state index contributed by atoms with van der Waals surface area (Å²) in [6.07, 6.45) is 17.6. The van der Waals surface area contributed by atoms with E-state index in [0.29, 0.717) is 11.1 Å². The third-order valence-electron chi connectivity index (χ3n) is 20.8. The Morgan fingerprint density at radius 1 is 0.263 bits per heavy atom. The molecule has 0 aromatic heterocycles. The van der Waals surface area contributed by atoms with Crippen molar-refractivity contribution in [2.24, 2.45) is 0 Å². The van der Waals surface area contributed by atoms with Crippen LogP contribution in [-0.4, -0.2) is 0 Å². The van der Waals surface area contributed by atoms with E-state index in [1.165, 1.54) is 22.3 Å². The smallest absolute Gasteiger partial charge is 0.133 e. The Labute approximate surface area is 592 Å². The highest BCUT2D eigenvalue weighted by Crippen LogP contribution is 2.45. The summed E-state index contributed by atoms with van der Waals surface area (Å²) in [6.45, 7) is 22.7. The van der Waals surface area contributed by atoms with Crippen molar-refractivity contribution < 1.29 is 8.78 Å². The number of anilines is 6. The molecule has 99 heavy (non-hydrogen) atoms. The number of nitrogens with zero attached hydrogens (tertiary/aromatic N) is 2. The lowest BCUT2D eigenvalue weighted by atomic mass is 9.80. The number of hydrogen-bond donors (Lipinski definition) is 0. The van der Waals surface area contributed by atoms with Gasteiger partial charge in [0.15, 0.2) is 0 Å². The molecule has 0 aliphatic carbocycles. The van der Waals surface area contributed by atoms with Crippen LogP contribution >= 0.6 is 0 Å². The summed E-state index contributed by atoms with van der Waals surface area (Å²) in [4.78, 5) is 4.35. The second-order valence-corrected chi connectivity index (χ2v) is 28.9. The number of halogens is 2. The summed E-state index contributed by atoms with van der Waals surface area (Å²) in [6, 6.07) is 86.5. The monoisotopic (exact) mass is 1310 g/mol. The van der Waals surface area contributed by atoms with Gasteiger partial charge >= 0.3 is 0 Å². The molecule has 0 fully saturated rings. The summed E-state index contributed by atoms with van der Waals surface area (Å²) >= 11 is 0. The van der Waals surface area contributed by atoms with Crippen LogP contribution in [0.5, 0.6) is 0 Å². The zero-order chi connectivity index (χ0) is 69.5. The first kappa shape index (κ1) is 71.2. The third-order valence-corrected chi connectivity index (χ3v) is 20.8. The number of unbranched alkanes of at least 4 members (excludes halogenated alkanes) is 6. The molecule has 11 aromatic carbocycles. The minimum atomic E-state index is -0.293. The Hall–Kier alpha value is -9.12. The van der Waals surface area contributed by atoms with Gasteiger partial charge in [-0.2, -0.15) is 0 Å². The fourth-order valence-electron chi connectivity index (χ4n) is 14.4. The largest absolute Gasteiger partial charge is 0.310 e. The van der Waals surface area contributed by atoms with Crippen LogP contribution in [0, 0.1) is 11.6 Å². The van der Waals surface area contributed by atoms with E-state index in [1.54, 1.807) is 12.1 Å². The van der Waals surface area contributed by atoms with Crippen molar-refractivity contribution in [2.45, 2.75) is 189 Å². The second-order valence-electron chi connectivity index (χ2n) is 28.9. The topological polar surface area (TPSA) is 6.48 Å². The molecule has 0 atom stereocenters. The molecule has 0 aliphatic heterocycles. The lowest BCUT2D eigenvalue weighted by Crippen LogP contribution is -2.16. The van der Waals surface area contributed by atoms with Gasteiger partial charge in [0.05, 0.1) is 0 Å². The van der Waals surface area contributed by atoms with Crippen LogP contribution in [0.1, 0.15) is 186 Å². The maximum atomic E-state index is 18.0. The van der Waals surface area contributed by atoms with E-state index >= 15 is 8.78 Å². The molecule has 4 heteroatoms. The number of rotatable bonds is 31. The van der Waals surface area contributed by atoms with Crippen LogP contribution in [-0.2, 0) is 36.5 Å². The van der Waals surface area contributed by atoms with Gasteiger partial charge in [0.2, 0.25) is 0 Å². The van der Waals surface area contributed by atoms with E-state index in [9.17, 15) is 0 Å². The minimum Gasteiger partial charge on any atom is -0.310 e. The Bertz CT molecular complexity index is 4370. The molecule has 0 aliphatic rings. The van der Waals surface area contributed by atoms with Gasteiger partial charge in [-0.1, -0.05) is 285 Å². The Morgan fingerprint density at radius 3 is 0.838 bits per heavy atom. The molecule has 0 spiro atoms. The highest BCUT2D eigenvalue weighted by molar-refractivity contribution is 5.85. The van der Waals surface area contributed by atoms with Crippen LogP contribution in [0.2, 0.25) is 0 Å². The molecule has 0 heterocycles. The standard InChI is InChI=1S/C95H104F2N2/c1-11-17-19-21-25-78-65-91(89-62-60-87(67-93(89)97)99(83-53-41-75(42-54-83)71-33-29-69(24-14-4)30-34-71)85-57-45-77(46-58-85)73-37-49-81(50-38-73)95(9,10)63-15-5)79(26-22-20-18-12-2)64-90(78)88-61-59-86(66-92(88)96)98(82-51-39-74(40-52-82)70-31-27-68(23-13-3)28-32-70)84-55-43-76(44-56-84)72-35-47-80(48-36-72)94(7,8)16-6/h27-62,64-67H,11-26,63H2,1-10H3. The fraction of sp³-hybridized carbons (Fsp3) is 0.305. The molecule has 11 aromatic rings. The van der Waals surface area contributed by atoms with Gasteiger partial charge in [0.25, 0.3) is 0 Å². The lowest BCUT2D eigenvalue weighted by molar-refractivity contribution is 0.473. The summed E-state index contributed by atoms with van der Waals surface area (Å²) in [5.41, 5.74) is 24.8. The molecule has 0 amide bonds. The Morgan fingerprint density at radius 2 is 0.556 bits per heavy atom. The van der Waals surface area contributed by atoms with E-state index in [4.69, 9.17) is 0 Å². The van der Waals surface area contributed by atoms with E-state index in [0.717, 1.165) is 210 Å². The molecule has 0 radical (unpaired) electrons. The molecular weight excluding hydrogens is 1210 g/mol. The highest BCUT2D eigenvalue weighted by atomic mass is 19.1. The van der Waals surface area contributed by atoms with Crippen molar-refractivity contribution in [1.29, 1.82) is 0 Å². The SMILES string of the molecule is CCCCCCc1cc(-c2ccc(N(c3ccc(-c4ccc(CCC)cc4)cc3)c3ccc(-c4ccc(C(C)(C)CCC)cc4)cc3)cc2F)c(CCCCCC)cc1-c1ccc(N(c2ccc(-c3ccc(CCC)cc3)cc2)c2ccc(-c3ccc(C(C)(C)CC)cc3)cc2)cc1F. The summed E-state index contributed by atoms with van der Waals surface area (Å²) < 4.78 is 35.9. The predicted molar refractivity (Wildman–Crippen MR) is 423 cm³/mol. The normalized spacial score (nSPS) is 11.7. The van der Waals surface area contributed by atoms with Crippen molar-refractivity contribution >= 4 is 34.1 Å². The lowest BCUT2D eigenvalue weighted by Gasteiger charge is -2.27. The van der Waals surface area contributed by atoms with Gasteiger partial charge in [-0.15, -0.1) is 0 Å². The molecule has 0 N–H and O–H groups in total. The maximum absolute atomic E-state index is 18.0. The van der Waals surface area contributed by atoms with Crippen LogP contribution < -0.4 is 9.80 Å². The summed E-state index contributed by atoms with van der Waals surface area (Å²) in [7, 11) is 0. The fourth-order valence-corrected chi connectivity index (χ4v) is 14.4. The minimum absolute atomic E-state index is 0.0996. The molecule has 0 unspecified atom stereocenters. The van der Waals surface area contributed by atoms with E-state index in [-0.39, 0.29) is 22.5 Å². The molecule has 0 saturated heterocycles. The second kappa shape index (κ2) is 33.2.